The Hall–Kier alpha value is -2.18. The Kier molecular flexibility index (Phi) is 5.20. The number of aromatic nitrogens is 1. The predicted molar refractivity (Wildman–Crippen MR) is 94.6 cm³/mol. The fourth-order valence-corrected chi connectivity index (χ4v) is 3.45. The highest BCUT2D eigenvalue weighted by atomic mass is 19.1. The monoisotopic (exact) mass is 345 g/mol. The van der Waals surface area contributed by atoms with Crippen LogP contribution in [0.25, 0.3) is 5.69 Å². The molecule has 1 aromatic heterocycles. The lowest BCUT2D eigenvalue weighted by atomic mass is 10.2. The molecule has 1 saturated heterocycles. The predicted octanol–water partition coefficient (Wildman–Crippen LogP) is 1.98. The van der Waals surface area contributed by atoms with Crippen LogP contribution >= 0.6 is 0 Å². The van der Waals surface area contributed by atoms with Crippen LogP contribution in [0, 0.1) is 19.7 Å². The van der Waals surface area contributed by atoms with Crippen molar-refractivity contribution in [2.24, 2.45) is 0 Å². The summed E-state index contributed by atoms with van der Waals surface area (Å²) in [6.07, 6.45) is 0. The first kappa shape index (κ1) is 17.6. The first-order valence-electron chi connectivity index (χ1n) is 8.58. The zero-order valence-corrected chi connectivity index (χ0v) is 14.7. The molecule has 6 heteroatoms. The minimum absolute atomic E-state index is 0.0325. The number of rotatable bonds is 4. The first-order chi connectivity index (χ1) is 12.0. The summed E-state index contributed by atoms with van der Waals surface area (Å²) < 4.78 is 15.2. The summed E-state index contributed by atoms with van der Waals surface area (Å²) in [5, 5.41) is 9.02. The topological polar surface area (TPSA) is 48.7 Å². The van der Waals surface area contributed by atoms with Crippen molar-refractivity contribution in [1.29, 1.82) is 0 Å². The van der Waals surface area contributed by atoms with E-state index in [1.165, 1.54) is 12.1 Å². The van der Waals surface area contributed by atoms with Crippen molar-refractivity contribution < 1.29 is 14.3 Å². The third-order valence-corrected chi connectivity index (χ3v) is 4.82. The van der Waals surface area contributed by atoms with Crippen molar-refractivity contribution in [3.05, 3.63) is 53.1 Å². The lowest BCUT2D eigenvalue weighted by Crippen LogP contribution is -2.49. The van der Waals surface area contributed by atoms with Gasteiger partial charge >= 0.3 is 0 Å². The number of aliphatic hydroxyl groups is 1. The normalized spacial score (nSPS) is 15.6. The maximum Gasteiger partial charge on any atom is 0.255 e. The number of piperazine rings is 1. The van der Waals surface area contributed by atoms with Gasteiger partial charge in [-0.2, -0.15) is 0 Å². The molecule has 1 fully saturated rings. The van der Waals surface area contributed by atoms with Gasteiger partial charge in [-0.05, 0) is 44.2 Å². The number of β-amino-alcohol motifs (C(OH)–C–C–N with tert-alkyl or cyclic N) is 1. The minimum atomic E-state index is -0.275. The van der Waals surface area contributed by atoms with Gasteiger partial charge in [0.15, 0.2) is 0 Å². The zero-order chi connectivity index (χ0) is 18.0. The molecule has 0 atom stereocenters. The fourth-order valence-electron chi connectivity index (χ4n) is 3.45. The largest absolute Gasteiger partial charge is 0.395 e. The van der Waals surface area contributed by atoms with Crippen LogP contribution in [0.15, 0.2) is 30.3 Å². The molecule has 0 aliphatic carbocycles. The van der Waals surface area contributed by atoms with Gasteiger partial charge in [0.05, 0.1) is 12.2 Å². The van der Waals surface area contributed by atoms with Gasteiger partial charge in [-0.1, -0.05) is 0 Å². The summed E-state index contributed by atoms with van der Waals surface area (Å²) in [5.74, 6) is -0.242. The summed E-state index contributed by atoms with van der Waals surface area (Å²) in [6.45, 7) is 7.57. The second kappa shape index (κ2) is 7.37. The molecule has 0 saturated carbocycles. The maximum absolute atomic E-state index is 13.2. The molecule has 1 N–H and O–H groups in total. The van der Waals surface area contributed by atoms with Crippen LogP contribution in [-0.2, 0) is 0 Å². The molecule has 5 nitrogen and oxygen atoms in total. The summed E-state index contributed by atoms with van der Waals surface area (Å²) in [5.41, 5.74) is 3.36. The molecule has 1 aliphatic heterocycles. The van der Waals surface area contributed by atoms with Crippen LogP contribution < -0.4 is 0 Å². The number of amides is 1. The highest BCUT2D eigenvalue weighted by Gasteiger charge is 2.25. The highest BCUT2D eigenvalue weighted by Crippen LogP contribution is 2.22. The van der Waals surface area contributed by atoms with E-state index in [0.717, 1.165) is 30.2 Å². The smallest absolute Gasteiger partial charge is 0.255 e. The summed E-state index contributed by atoms with van der Waals surface area (Å²) in [6, 6.07) is 8.20. The maximum atomic E-state index is 13.2. The van der Waals surface area contributed by atoms with Crippen molar-refractivity contribution in [3.8, 4) is 5.69 Å². The summed E-state index contributed by atoms with van der Waals surface area (Å²) in [4.78, 5) is 16.9. The zero-order valence-electron chi connectivity index (χ0n) is 14.7. The molecular weight excluding hydrogens is 321 g/mol. The average Bonchev–Trinajstić information content (AvgIpc) is 2.91. The Morgan fingerprint density at radius 2 is 1.76 bits per heavy atom. The Morgan fingerprint density at radius 3 is 2.36 bits per heavy atom. The summed E-state index contributed by atoms with van der Waals surface area (Å²) >= 11 is 0. The Labute approximate surface area is 147 Å². The van der Waals surface area contributed by atoms with Crippen LogP contribution in [0.2, 0.25) is 0 Å². The van der Waals surface area contributed by atoms with E-state index in [4.69, 9.17) is 5.11 Å². The Bertz CT molecular complexity index is 747. The highest BCUT2D eigenvalue weighted by molar-refractivity contribution is 5.96. The molecule has 0 spiro atoms. The molecule has 3 rings (SSSR count). The van der Waals surface area contributed by atoms with Gasteiger partial charge in [0.2, 0.25) is 0 Å². The first-order valence-corrected chi connectivity index (χ1v) is 8.58. The molecule has 1 aromatic carbocycles. The van der Waals surface area contributed by atoms with Gasteiger partial charge < -0.3 is 14.6 Å². The third kappa shape index (κ3) is 3.60. The quantitative estimate of drug-likeness (QED) is 0.922. The van der Waals surface area contributed by atoms with E-state index in [0.29, 0.717) is 25.2 Å². The second-order valence-electron chi connectivity index (χ2n) is 6.45. The minimum Gasteiger partial charge on any atom is -0.395 e. The average molecular weight is 345 g/mol. The van der Waals surface area contributed by atoms with Gasteiger partial charge in [0.25, 0.3) is 5.91 Å². The molecule has 0 bridgehead atoms. The standard InChI is InChI=1S/C19H24FN3O2/c1-14-13-18(15(2)23(14)17-5-3-16(20)4-6-17)19(25)22-9-7-21(8-10-22)11-12-24/h3-6,13,24H,7-12H2,1-2H3. The van der Waals surface area contributed by atoms with Crippen molar-refractivity contribution in [2.45, 2.75) is 13.8 Å². The molecule has 0 radical (unpaired) electrons. The second-order valence-corrected chi connectivity index (χ2v) is 6.45. The molecule has 1 aliphatic rings. The number of benzene rings is 1. The van der Waals surface area contributed by atoms with Crippen molar-refractivity contribution in [3.63, 3.8) is 0 Å². The van der Waals surface area contributed by atoms with Gasteiger partial charge in [-0.25, -0.2) is 4.39 Å². The van der Waals surface area contributed by atoms with Crippen LogP contribution in [0.4, 0.5) is 4.39 Å². The molecule has 134 valence electrons. The Morgan fingerprint density at radius 1 is 1.12 bits per heavy atom. The van der Waals surface area contributed by atoms with Gasteiger partial charge in [0.1, 0.15) is 5.82 Å². The fraction of sp³-hybridized carbons (Fsp3) is 0.421. The van der Waals surface area contributed by atoms with E-state index in [-0.39, 0.29) is 18.3 Å². The van der Waals surface area contributed by atoms with E-state index in [9.17, 15) is 9.18 Å². The number of halogens is 1. The van der Waals surface area contributed by atoms with Gasteiger partial charge in [-0.3, -0.25) is 9.69 Å². The van der Waals surface area contributed by atoms with Crippen molar-refractivity contribution in [2.75, 3.05) is 39.3 Å². The van der Waals surface area contributed by atoms with E-state index < -0.39 is 0 Å². The SMILES string of the molecule is Cc1cc(C(=O)N2CCN(CCO)CC2)c(C)n1-c1ccc(F)cc1. The van der Waals surface area contributed by atoms with Gasteiger partial charge in [-0.15, -0.1) is 0 Å². The molecule has 2 heterocycles. The third-order valence-electron chi connectivity index (χ3n) is 4.82. The van der Waals surface area contributed by atoms with E-state index >= 15 is 0 Å². The van der Waals surface area contributed by atoms with Crippen LogP contribution in [0.5, 0.6) is 0 Å². The molecule has 1 amide bonds. The number of carbonyl (C=O) groups excluding carboxylic acids is 1. The number of hydrogen-bond acceptors (Lipinski definition) is 3. The van der Waals surface area contributed by atoms with Crippen LogP contribution in [0.1, 0.15) is 21.7 Å². The van der Waals surface area contributed by atoms with E-state index in [2.05, 4.69) is 4.90 Å². The molecule has 25 heavy (non-hydrogen) atoms. The van der Waals surface area contributed by atoms with E-state index in [1.807, 2.05) is 29.4 Å². The molecule has 2 aromatic rings. The Balaban J connectivity index is 1.80. The lowest BCUT2D eigenvalue weighted by molar-refractivity contribution is 0.0614. The number of carbonyl (C=O) groups is 1. The van der Waals surface area contributed by atoms with Gasteiger partial charge in [0, 0.05) is 49.8 Å². The van der Waals surface area contributed by atoms with E-state index in [1.54, 1.807) is 12.1 Å². The molecular formula is C19H24FN3O2. The lowest BCUT2D eigenvalue weighted by Gasteiger charge is -2.34. The number of nitrogens with zero attached hydrogens (tertiary/aromatic N) is 3. The number of aliphatic hydroxyl groups excluding tert-OH is 1. The van der Waals surface area contributed by atoms with Crippen LogP contribution in [0.3, 0.4) is 0 Å². The molecule has 0 unspecified atom stereocenters. The van der Waals surface area contributed by atoms with Crippen molar-refractivity contribution >= 4 is 5.91 Å². The van der Waals surface area contributed by atoms with Crippen LogP contribution in [-0.4, -0.2) is 64.7 Å². The van der Waals surface area contributed by atoms with Crippen molar-refractivity contribution in [1.82, 2.24) is 14.4 Å². The number of aryl methyl sites for hydroxylation is 1. The number of hydrogen-bond donors (Lipinski definition) is 1. The summed E-state index contributed by atoms with van der Waals surface area (Å²) in [7, 11) is 0.